The Labute approximate surface area is 235 Å². The number of carbonyl (C=O) groups excluding carboxylic acids is 1. The summed E-state index contributed by atoms with van der Waals surface area (Å²) in [7, 11) is 2.13. The van der Waals surface area contributed by atoms with Gasteiger partial charge in [0.15, 0.2) is 5.69 Å². The molecule has 0 atom stereocenters. The quantitative estimate of drug-likeness (QED) is 0.336. The first-order valence-electron chi connectivity index (χ1n) is 14.4. The molecular weight excluding hydrogens is 502 g/mol. The summed E-state index contributed by atoms with van der Waals surface area (Å²) in [5, 5.41) is 11.0. The molecule has 0 bridgehead atoms. The van der Waals surface area contributed by atoms with Crippen LogP contribution in [0.4, 0.5) is 5.69 Å². The smallest absolute Gasteiger partial charge is 0.276 e. The minimum absolute atomic E-state index is 0.180. The molecule has 2 aliphatic heterocycles. The third-order valence-electron chi connectivity index (χ3n) is 7.96. The molecule has 208 valence electrons. The van der Waals surface area contributed by atoms with Gasteiger partial charge in [-0.2, -0.15) is 5.10 Å². The second-order valence-corrected chi connectivity index (χ2v) is 11.1. The van der Waals surface area contributed by atoms with Gasteiger partial charge in [0, 0.05) is 49.0 Å². The van der Waals surface area contributed by atoms with E-state index in [-0.39, 0.29) is 12.0 Å². The number of fused-ring (bicyclic) bond motifs is 1. The van der Waals surface area contributed by atoms with E-state index < -0.39 is 0 Å². The van der Waals surface area contributed by atoms with E-state index in [1.54, 1.807) is 12.3 Å². The number of rotatable bonds is 7. The average Bonchev–Trinajstić information content (AvgIpc) is 3.24. The van der Waals surface area contributed by atoms with Gasteiger partial charge in [0.05, 0.1) is 17.4 Å². The molecule has 1 amide bonds. The fourth-order valence-corrected chi connectivity index (χ4v) is 5.64. The summed E-state index contributed by atoms with van der Waals surface area (Å²) in [6.45, 7) is 5.26. The molecule has 6 rings (SSSR count). The number of aromatic nitrogens is 4. The number of piperidine rings is 1. The van der Waals surface area contributed by atoms with E-state index in [0.29, 0.717) is 17.3 Å². The Morgan fingerprint density at radius 1 is 0.975 bits per heavy atom. The van der Waals surface area contributed by atoms with Crippen molar-refractivity contribution in [1.82, 2.24) is 30.0 Å². The number of ether oxygens (including phenoxy) is 1. The lowest BCUT2D eigenvalue weighted by molar-refractivity contribution is 0.102. The molecule has 40 heavy (non-hydrogen) atoms. The van der Waals surface area contributed by atoms with E-state index in [1.165, 1.54) is 31.2 Å². The van der Waals surface area contributed by atoms with Gasteiger partial charge in [-0.25, -0.2) is 4.98 Å². The van der Waals surface area contributed by atoms with Crippen molar-refractivity contribution in [3.8, 4) is 17.0 Å². The first-order valence-corrected chi connectivity index (χ1v) is 14.4. The van der Waals surface area contributed by atoms with Crippen LogP contribution in [0.5, 0.6) is 5.88 Å². The average molecular weight is 540 g/mol. The van der Waals surface area contributed by atoms with Gasteiger partial charge in [0.1, 0.15) is 6.10 Å². The van der Waals surface area contributed by atoms with Crippen molar-refractivity contribution in [2.45, 2.75) is 51.2 Å². The van der Waals surface area contributed by atoms with Crippen LogP contribution in [-0.4, -0.2) is 75.2 Å². The number of anilines is 1. The van der Waals surface area contributed by atoms with Crippen molar-refractivity contribution < 1.29 is 9.53 Å². The predicted octanol–water partition coefficient (Wildman–Crippen LogP) is 5.12. The molecule has 2 fully saturated rings. The number of pyridine rings is 2. The summed E-state index contributed by atoms with van der Waals surface area (Å²) < 4.78 is 6.03. The Balaban J connectivity index is 1.14. The number of nitrogens with one attached hydrogen (secondary N) is 2. The molecule has 0 spiro atoms. The van der Waals surface area contributed by atoms with Crippen LogP contribution in [0.15, 0.2) is 55.0 Å². The maximum absolute atomic E-state index is 13.2. The van der Waals surface area contributed by atoms with Crippen LogP contribution >= 0.6 is 0 Å². The summed E-state index contributed by atoms with van der Waals surface area (Å²) in [5.74, 6) is 0.288. The van der Waals surface area contributed by atoms with E-state index in [2.05, 4.69) is 48.4 Å². The summed E-state index contributed by atoms with van der Waals surface area (Å²) in [4.78, 5) is 27.0. The van der Waals surface area contributed by atoms with Gasteiger partial charge in [-0.3, -0.25) is 19.8 Å². The number of benzene rings is 1. The number of carbonyl (C=O) groups is 1. The van der Waals surface area contributed by atoms with Crippen molar-refractivity contribution in [3.05, 3.63) is 66.2 Å². The molecule has 9 nitrogen and oxygen atoms in total. The minimum atomic E-state index is -0.290. The highest BCUT2D eigenvalue weighted by atomic mass is 16.5. The fourth-order valence-electron chi connectivity index (χ4n) is 5.64. The number of H-pyrrole nitrogens is 1. The second-order valence-electron chi connectivity index (χ2n) is 11.1. The van der Waals surface area contributed by atoms with Gasteiger partial charge in [0.25, 0.3) is 5.91 Å². The van der Waals surface area contributed by atoms with E-state index in [9.17, 15) is 4.79 Å². The number of nitrogens with zero attached hydrogens (tertiary/aromatic N) is 5. The normalized spacial score (nSPS) is 17.5. The molecular formula is C31H37N7O2. The van der Waals surface area contributed by atoms with Crippen LogP contribution < -0.4 is 10.1 Å². The molecule has 0 unspecified atom stereocenters. The Hall–Kier alpha value is -3.82. The Bertz CT molecular complexity index is 1440. The van der Waals surface area contributed by atoms with Crippen LogP contribution in [-0.2, 0) is 6.54 Å². The van der Waals surface area contributed by atoms with Gasteiger partial charge >= 0.3 is 0 Å². The second kappa shape index (κ2) is 12.1. The van der Waals surface area contributed by atoms with Crippen LogP contribution in [0.1, 0.15) is 54.6 Å². The largest absolute Gasteiger partial charge is 0.474 e. The summed E-state index contributed by atoms with van der Waals surface area (Å²) in [6.07, 6.45) is 12.8. The van der Waals surface area contributed by atoms with Crippen molar-refractivity contribution in [1.29, 1.82) is 0 Å². The summed E-state index contributed by atoms with van der Waals surface area (Å²) >= 11 is 0. The van der Waals surface area contributed by atoms with E-state index >= 15 is 0 Å². The Kier molecular flexibility index (Phi) is 8.02. The molecule has 5 heterocycles. The number of hydrogen-bond donors (Lipinski definition) is 2. The highest BCUT2D eigenvalue weighted by Crippen LogP contribution is 2.27. The van der Waals surface area contributed by atoms with E-state index in [1.807, 2.05) is 36.7 Å². The number of hydrogen-bond acceptors (Lipinski definition) is 7. The monoisotopic (exact) mass is 539 g/mol. The third kappa shape index (κ3) is 6.32. The standard InChI is InChI=1S/C31H37N7O2/c1-37-14-10-26(11-15-37)40-29-9-7-25(20-33-29)34-31(39)30-27-17-23(6-8-28(27)35-36-30)24-16-22(18-32-19-24)21-38-12-4-2-3-5-13-38/h6-9,16-20,26H,2-5,10-15,21H2,1H3,(H,34,39)(H,35,36). The van der Waals surface area contributed by atoms with Crippen molar-refractivity contribution >= 4 is 22.5 Å². The molecule has 0 saturated carbocycles. The highest BCUT2D eigenvalue weighted by Gasteiger charge is 2.19. The van der Waals surface area contributed by atoms with Crippen molar-refractivity contribution in [3.63, 3.8) is 0 Å². The minimum Gasteiger partial charge on any atom is -0.474 e. The van der Waals surface area contributed by atoms with Gasteiger partial charge in [0.2, 0.25) is 5.88 Å². The molecule has 1 aromatic carbocycles. The number of likely N-dealkylation sites (tertiary alicyclic amines) is 2. The maximum Gasteiger partial charge on any atom is 0.276 e. The fraction of sp³-hybridized carbons (Fsp3) is 0.419. The van der Waals surface area contributed by atoms with Crippen molar-refractivity contribution in [2.75, 3.05) is 38.5 Å². The highest BCUT2D eigenvalue weighted by molar-refractivity contribution is 6.11. The lowest BCUT2D eigenvalue weighted by Gasteiger charge is -2.28. The topological polar surface area (TPSA) is 99.3 Å². The predicted molar refractivity (Wildman–Crippen MR) is 156 cm³/mol. The van der Waals surface area contributed by atoms with Crippen LogP contribution in [0.2, 0.25) is 0 Å². The van der Waals surface area contributed by atoms with E-state index in [0.717, 1.165) is 67.6 Å². The molecule has 3 aromatic heterocycles. The van der Waals surface area contributed by atoms with Gasteiger partial charge in [-0.15, -0.1) is 0 Å². The van der Waals surface area contributed by atoms with Crippen molar-refractivity contribution in [2.24, 2.45) is 0 Å². The van der Waals surface area contributed by atoms with Gasteiger partial charge in [-0.05, 0) is 81.2 Å². The number of amides is 1. The molecule has 9 heteroatoms. The molecule has 0 aliphatic carbocycles. The molecule has 0 radical (unpaired) electrons. The summed E-state index contributed by atoms with van der Waals surface area (Å²) in [5.41, 5.74) is 5.00. The maximum atomic E-state index is 13.2. The first kappa shape index (κ1) is 26.4. The molecule has 2 aliphatic rings. The van der Waals surface area contributed by atoms with Crippen LogP contribution in [0.3, 0.4) is 0 Å². The molecule has 4 aromatic rings. The zero-order valence-electron chi connectivity index (χ0n) is 23.1. The van der Waals surface area contributed by atoms with Gasteiger partial charge < -0.3 is 15.0 Å². The van der Waals surface area contributed by atoms with E-state index in [4.69, 9.17) is 4.74 Å². The lowest BCUT2D eigenvalue weighted by atomic mass is 10.0. The Morgan fingerprint density at radius 2 is 1.80 bits per heavy atom. The number of aromatic amines is 1. The Morgan fingerprint density at radius 3 is 2.58 bits per heavy atom. The zero-order chi connectivity index (χ0) is 27.3. The van der Waals surface area contributed by atoms with Crippen LogP contribution in [0.25, 0.3) is 22.0 Å². The first-order chi connectivity index (χ1) is 19.6. The molecule has 2 N–H and O–H groups in total. The molecule has 2 saturated heterocycles. The van der Waals surface area contributed by atoms with Gasteiger partial charge in [-0.1, -0.05) is 18.9 Å². The summed E-state index contributed by atoms with van der Waals surface area (Å²) in [6, 6.07) is 11.9. The van der Waals surface area contributed by atoms with Crippen LogP contribution in [0, 0.1) is 0 Å². The lowest BCUT2D eigenvalue weighted by Crippen LogP contribution is -2.35. The third-order valence-corrected chi connectivity index (χ3v) is 7.96. The zero-order valence-corrected chi connectivity index (χ0v) is 23.1. The SMILES string of the molecule is CN1CCC(Oc2ccc(NC(=O)c3n[nH]c4ccc(-c5cncc(CN6CCCCCC6)c5)cc34)cn2)CC1.